The van der Waals surface area contributed by atoms with Crippen LogP contribution in [0.5, 0.6) is 0 Å². The molecule has 0 aliphatic heterocycles. The number of rotatable bonds is 43. The molecule has 1 amide bonds. The summed E-state index contributed by atoms with van der Waals surface area (Å²) < 4.78 is 23.0. The van der Waals surface area contributed by atoms with Crippen LogP contribution in [0.4, 0.5) is 0 Å². The maximum atomic E-state index is 13.0. The number of nitrogens with one attached hydrogen (secondary N) is 1. The molecule has 1 rings (SSSR count). The molecule has 0 saturated heterocycles. The number of phosphoric ester groups is 1. The van der Waals surface area contributed by atoms with Gasteiger partial charge in [0, 0.05) is 6.42 Å². The van der Waals surface area contributed by atoms with Crippen LogP contribution in [-0.4, -0.2) is 96.8 Å². The maximum absolute atomic E-state index is 13.0. The molecule has 9 atom stereocenters. The van der Waals surface area contributed by atoms with Gasteiger partial charge in [0.1, 0.15) is 36.6 Å². The Balaban J connectivity index is 2.38. The first-order valence-electron chi connectivity index (χ1n) is 25.5. The Labute approximate surface area is 372 Å². The van der Waals surface area contributed by atoms with E-state index in [1.54, 1.807) is 0 Å². The van der Waals surface area contributed by atoms with Crippen molar-refractivity contribution in [3.63, 3.8) is 0 Å². The smallest absolute Gasteiger partial charge is 0.391 e. The van der Waals surface area contributed by atoms with Gasteiger partial charge in [-0.15, -0.1) is 0 Å². The van der Waals surface area contributed by atoms with Crippen LogP contribution in [0.2, 0.25) is 0 Å². The van der Waals surface area contributed by atoms with Gasteiger partial charge < -0.3 is 40.8 Å². The summed E-state index contributed by atoms with van der Waals surface area (Å²) in [6.45, 7) is 3.92. The molecule has 0 heterocycles. The Morgan fingerprint density at radius 2 is 0.787 bits per heavy atom. The van der Waals surface area contributed by atoms with Gasteiger partial charge in [-0.1, -0.05) is 226 Å². The zero-order chi connectivity index (χ0) is 45.0. The van der Waals surface area contributed by atoms with Gasteiger partial charge in [0.15, 0.2) is 0 Å². The van der Waals surface area contributed by atoms with Crippen LogP contribution in [0.3, 0.4) is 0 Å². The zero-order valence-corrected chi connectivity index (χ0v) is 39.9. The molecule has 0 spiro atoms. The molecule has 1 saturated carbocycles. The second-order valence-corrected chi connectivity index (χ2v) is 19.8. The van der Waals surface area contributed by atoms with Crippen LogP contribution in [0, 0.1) is 0 Å². The molecule has 8 N–H and O–H groups in total. The normalized spacial score (nSPS) is 22.6. The minimum absolute atomic E-state index is 0.243. The van der Waals surface area contributed by atoms with Crippen molar-refractivity contribution in [1.29, 1.82) is 0 Å². The van der Waals surface area contributed by atoms with E-state index < -0.39 is 63.2 Å². The van der Waals surface area contributed by atoms with Crippen molar-refractivity contribution in [3.05, 3.63) is 0 Å². The zero-order valence-electron chi connectivity index (χ0n) is 39.0. The molecule has 0 aromatic heterocycles. The number of hydrogen-bond acceptors (Lipinski definition) is 10. The fourth-order valence-corrected chi connectivity index (χ4v) is 9.46. The van der Waals surface area contributed by atoms with E-state index in [0.717, 1.165) is 38.5 Å². The molecular formula is C48H96NO11P. The predicted molar refractivity (Wildman–Crippen MR) is 246 cm³/mol. The van der Waals surface area contributed by atoms with Crippen LogP contribution in [0.15, 0.2) is 0 Å². The summed E-state index contributed by atoms with van der Waals surface area (Å²) >= 11 is 0. The molecule has 6 unspecified atom stereocenters. The molecule has 1 aliphatic carbocycles. The summed E-state index contributed by atoms with van der Waals surface area (Å²) in [7, 11) is -5.05. The van der Waals surface area contributed by atoms with Gasteiger partial charge in [0.05, 0.1) is 18.8 Å². The van der Waals surface area contributed by atoms with Crippen molar-refractivity contribution in [2.45, 2.75) is 294 Å². The summed E-state index contributed by atoms with van der Waals surface area (Å²) in [5.74, 6) is -0.303. The van der Waals surface area contributed by atoms with E-state index in [9.17, 15) is 44.9 Å². The molecule has 364 valence electrons. The van der Waals surface area contributed by atoms with E-state index in [4.69, 9.17) is 9.05 Å². The van der Waals surface area contributed by atoms with Crippen molar-refractivity contribution in [2.75, 3.05) is 6.61 Å². The number of aliphatic hydroxyl groups is 6. The van der Waals surface area contributed by atoms with Crippen molar-refractivity contribution in [2.24, 2.45) is 0 Å². The van der Waals surface area contributed by atoms with Crippen molar-refractivity contribution >= 4 is 13.7 Å². The number of amides is 1. The third-order valence-electron chi connectivity index (χ3n) is 12.7. The molecule has 0 radical (unpaired) electrons. The first-order chi connectivity index (χ1) is 29.4. The number of carbonyl (C=O) groups excluding carboxylic acids is 1. The van der Waals surface area contributed by atoms with Gasteiger partial charge in [-0.25, -0.2) is 4.57 Å². The van der Waals surface area contributed by atoms with E-state index in [1.807, 2.05) is 0 Å². The molecule has 1 fully saturated rings. The molecule has 61 heavy (non-hydrogen) atoms. The van der Waals surface area contributed by atoms with E-state index in [2.05, 4.69) is 19.2 Å². The van der Waals surface area contributed by atoms with Gasteiger partial charge in [-0.2, -0.15) is 0 Å². The van der Waals surface area contributed by atoms with Crippen molar-refractivity contribution in [3.8, 4) is 0 Å². The highest BCUT2D eigenvalue weighted by atomic mass is 31.2. The lowest BCUT2D eigenvalue weighted by Gasteiger charge is -2.41. The summed E-state index contributed by atoms with van der Waals surface area (Å²) in [6, 6.07) is -1.03. The van der Waals surface area contributed by atoms with E-state index in [0.29, 0.717) is 19.3 Å². The topological polar surface area (TPSA) is 206 Å². The van der Waals surface area contributed by atoms with E-state index in [-0.39, 0.29) is 12.3 Å². The third-order valence-corrected chi connectivity index (χ3v) is 13.7. The van der Waals surface area contributed by atoms with Crippen LogP contribution < -0.4 is 5.32 Å². The van der Waals surface area contributed by atoms with E-state index >= 15 is 0 Å². The highest BCUT2D eigenvalue weighted by Gasteiger charge is 2.51. The summed E-state index contributed by atoms with van der Waals surface area (Å²) in [5, 5.41) is 64.2. The van der Waals surface area contributed by atoms with Gasteiger partial charge in [0.2, 0.25) is 5.91 Å². The Kier molecular flexibility index (Phi) is 36.9. The highest BCUT2D eigenvalue weighted by Crippen LogP contribution is 2.47. The fraction of sp³-hybridized carbons (Fsp3) is 0.979. The summed E-state index contributed by atoms with van der Waals surface area (Å²) in [4.78, 5) is 23.5. The minimum Gasteiger partial charge on any atom is -0.391 e. The Morgan fingerprint density at radius 3 is 1.13 bits per heavy atom. The molecule has 0 bridgehead atoms. The average Bonchev–Trinajstić information content (AvgIpc) is 3.24. The lowest BCUT2D eigenvalue weighted by molar-refractivity contribution is -0.220. The van der Waals surface area contributed by atoms with Gasteiger partial charge in [-0.3, -0.25) is 13.8 Å². The minimum atomic E-state index is -5.05. The Hall–Kier alpha value is -0.660. The Morgan fingerprint density at radius 1 is 0.492 bits per heavy atom. The van der Waals surface area contributed by atoms with Crippen LogP contribution >= 0.6 is 7.82 Å². The SMILES string of the molecule is CCCCCCCCCCCCCCCCCCCCCCC(=O)N[C@@H](COP(=O)(O)OC1C(O)C(O)C(O)[C@@H](O)C1O)[C@H](O)CCCCCCCCCCCCCCCC. The first kappa shape index (κ1) is 58.4. The first-order valence-corrected chi connectivity index (χ1v) is 27.0. The molecule has 1 aliphatic rings. The van der Waals surface area contributed by atoms with Gasteiger partial charge in [-0.05, 0) is 12.8 Å². The second kappa shape index (κ2) is 38.6. The van der Waals surface area contributed by atoms with Gasteiger partial charge in [0.25, 0.3) is 0 Å². The van der Waals surface area contributed by atoms with Gasteiger partial charge >= 0.3 is 7.82 Å². The summed E-state index contributed by atoms with van der Waals surface area (Å²) in [6.07, 6.45) is 29.9. The Bertz CT molecular complexity index is 1040. The number of carbonyl (C=O) groups is 1. The number of hydrogen-bond donors (Lipinski definition) is 8. The molecule has 12 nitrogen and oxygen atoms in total. The lowest BCUT2D eigenvalue weighted by atomic mass is 9.85. The van der Waals surface area contributed by atoms with Crippen molar-refractivity contribution < 1.29 is 53.9 Å². The average molecular weight is 894 g/mol. The quantitative estimate of drug-likeness (QED) is 0.0214. The lowest BCUT2D eigenvalue weighted by Crippen LogP contribution is -2.64. The second-order valence-electron chi connectivity index (χ2n) is 18.4. The number of aliphatic hydroxyl groups excluding tert-OH is 6. The van der Waals surface area contributed by atoms with Crippen LogP contribution in [-0.2, 0) is 18.4 Å². The molecular weight excluding hydrogens is 797 g/mol. The molecule has 13 heteroatoms. The predicted octanol–water partition coefficient (Wildman–Crippen LogP) is 10.2. The molecule has 0 aromatic carbocycles. The third kappa shape index (κ3) is 30.2. The highest BCUT2D eigenvalue weighted by molar-refractivity contribution is 7.47. The van der Waals surface area contributed by atoms with E-state index in [1.165, 1.54) is 167 Å². The van der Waals surface area contributed by atoms with Crippen LogP contribution in [0.1, 0.15) is 245 Å². The fourth-order valence-electron chi connectivity index (χ4n) is 8.50. The largest absolute Gasteiger partial charge is 0.472 e. The number of phosphoric acid groups is 1. The monoisotopic (exact) mass is 894 g/mol. The van der Waals surface area contributed by atoms with Crippen LogP contribution in [0.25, 0.3) is 0 Å². The summed E-state index contributed by atoms with van der Waals surface area (Å²) in [5.41, 5.74) is 0. The maximum Gasteiger partial charge on any atom is 0.472 e. The molecule has 0 aromatic rings. The standard InChI is InChI=1S/C48H96NO11P/c1-3-5-7-9-11-13-15-17-19-20-21-22-23-24-26-28-30-32-34-36-38-42(51)49-40(39-59-61(57,58)60-48-46(55)44(53)43(52)45(54)47(48)56)41(50)37-35-33-31-29-27-25-18-16-14-12-10-8-6-4-2/h40-41,43-48,50,52-56H,3-39H2,1-2H3,(H,49,51)(H,57,58)/t40-,41+,43?,44+,45?,46?,47?,48?/m0/s1. The number of unbranched alkanes of at least 4 members (excludes halogenated alkanes) is 32. The van der Waals surface area contributed by atoms with Crippen molar-refractivity contribution in [1.82, 2.24) is 5.32 Å².